The second kappa shape index (κ2) is 6.43. The number of nitrogens with one attached hydrogen (secondary N) is 1. The molecule has 0 aliphatic heterocycles. The lowest BCUT2D eigenvalue weighted by Crippen LogP contribution is -1.96. The summed E-state index contributed by atoms with van der Waals surface area (Å²) < 4.78 is 13.2. The molecule has 0 saturated heterocycles. The van der Waals surface area contributed by atoms with E-state index in [9.17, 15) is 4.39 Å². The second-order valence-corrected chi connectivity index (χ2v) is 6.86. The van der Waals surface area contributed by atoms with Gasteiger partial charge in [0.05, 0.1) is 5.39 Å². The Morgan fingerprint density at radius 1 is 1.00 bits per heavy atom. The number of nitrogens with zero attached hydrogens (tertiary/aromatic N) is 2. The largest absolute Gasteiger partial charge is 0.340 e. The molecule has 0 aliphatic rings. The Morgan fingerprint density at radius 2 is 1.72 bits per heavy atom. The van der Waals surface area contributed by atoms with E-state index >= 15 is 0 Å². The predicted molar refractivity (Wildman–Crippen MR) is 102 cm³/mol. The molecule has 0 fully saturated rings. The molecule has 4 aromatic rings. The van der Waals surface area contributed by atoms with Crippen LogP contribution in [0.2, 0.25) is 5.28 Å². The summed E-state index contributed by atoms with van der Waals surface area (Å²) in [6.07, 6.45) is 0. The van der Waals surface area contributed by atoms with Crippen LogP contribution in [-0.2, 0) is 0 Å². The fourth-order valence-electron chi connectivity index (χ4n) is 2.62. The van der Waals surface area contributed by atoms with Gasteiger partial charge in [0, 0.05) is 16.6 Å². The SMILES string of the molecule is Cc1ccc(Nc2nc(Cl)nc3scc(-c4ccc(F)cc4)c23)cc1. The van der Waals surface area contributed by atoms with Crippen LogP contribution in [0, 0.1) is 12.7 Å². The summed E-state index contributed by atoms with van der Waals surface area (Å²) in [5, 5.41) is 6.37. The molecule has 3 nitrogen and oxygen atoms in total. The number of rotatable bonds is 3. The number of thiophene rings is 1. The van der Waals surface area contributed by atoms with Crippen molar-refractivity contribution >= 4 is 44.7 Å². The number of aryl methyl sites for hydroxylation is 1. The summed E-state index contributed by atoms with van der Waals surface area (Å²) in [7, 11) is 0. The Balaban J connectivity index is 1.86. The molecule has 0 radical (unpaired) electrons. The highest BCUT2D eigenvalue weighted by molar-refractivity contribution is 7.17. The van der Waals surface area contributed by atoms with Crippen molar-refractivity contribution in [1.82, 2.24) is 9.97 Å². The van der Waals surface area contributed by atoms with Crippen LogP contribution >= 0.6 is 22.9 Å². The number of hydrogen-bond donors (Lipinski definition) is 1. The van der Waals surface area contributed by atoms with Crippen molar-refractivity contribution in [3.8, 4) is 11.1 Å². The first-order chi connectivity index (χ1) is 12.1. The van der Waals surface area contributed by atoms with Crippen LogP contribution in [0.15, 0.2) is 53.9 Å². The van der Waals surface area contributed by atoms with Gasteiger partial charge in [0.15, 0.2) is 0 Å². The number of halogens is 2. The lowest BCUT2D eigenvalue weighted by atomic mass is 10.1. The molecule has 2 aromatic carbocycles. The van der Waals surface area contributed by atoms with Crippen LogP contribution in [0.4, 0.5) is 15.9 Å². The van der Waals surface area contributed by atoms with Gasteiger partial charge in [-0.3, -0.25) is 0 Å². The molecule has 124 valence electrons. The van der Waals surface area contributed by atoms with Crippen molar-refractivity contribution < 1.29 is 4.39 Å². The van der Waals surface area contributed by atoms with E-state index < -0.39 is 0 Å². The molecule has 0 saturated carbocycles. The second-order valence-electron chi connectivity index (χ2n) is 5.67. The van der Waals surface area contributed by atoms with Crippen LogP contribution in [-0.4, -0.2) is 9.97 Å². The zero-order valence-electron chi connectivity index (χ0n) is 13.3. The fraction of sp³-hybridized carbons (Fsp3) is 0.0526. The molecule has 2 aromatic heterocycles. The highest BCUT2D eigenvalue weighted by Crippen LogP contribution is 2.38. The molecule has 1 N–H and O–H groups in total. The monoisotopic (exact) mass is 369 g/mol. The van der Waals surface area contributed by atoms with Gasteiger partial charge in [0.25, 0.3) is 0 Å². The topological polar surface area (TPSA) is 37.8 Å². The van der Waals surface area contributed by atoms with E-state index in [1.807, 2.05) is 36.6 Å². The van der Waals surface area contributed by atoms with Crippen LogP contribution in [0.3, 0.4) is 0 Å². The van der Waals surface area contributed by atoms with Crippen molar-refractivity contribution in [3.05, 3.63) is 70.6 Å². The Bertz CT molecular complexity index is 1040. The quantitative estimate of drug-likeness (QED) is 0.437. The van der Waals surface area contributed by atoms with Crippen molar-refractivity contribution in [2.75, 3.05) is 5.32 Å². The lowest BCUT2D eigenvalue weighted by molar-refractivity contribution is 0.628. The van der Waals surface area contributed by atoms with E-state index in [-0.39, 0.29) is 11.1 Å². The Hall–Kier alpha value is -2.50. The minimum atomic E-state index is -0.263. The van der Waals surface area contributed by atoms with E-state index in [0.717, 1.165) is 27.0 Å². The maximum atomic E-state index is 13.2. The Kier molecular flexibility index (Phi) is 4.11. The van der Waals surface area contributed by atoms with E-state index in [1.54, 1.807) is 12.1 Å². The molecule has 0 unspecified atom stereocenters. The van der Waals surface area contributed by atoms with E-state index in [4.69, 9.17) is 11.6 Å². The summed E-state index contributed by atoms with van der Waals surface area (Å²) in [5.74, 6) is 0.375. The van der Waals surface area contributed by atoms with Gasteiger partial charge in [-0.05, 0) is 48.4 Å². The molecule has 2 heterocycles. The molecule has 0 atom stereocenters. The van der Waals surface area contributed by atoms with Gasteiger partial charge in [0.2, 0.25) is 5.28 Å². The average molecular weight is 370 g/mol. The van der Waals surface area contributed by atoms with Gasteiger partial charge < -0.3 is 5.32 Å². The molecule has 0 bridgehead atoms. The molecule has 4 rings (SSSR count). The number of benzene rings is 2. The van der Waals surface area contributed by atoms with Crippen LogP contribution in [0.25, 0.3) is 21.3 Å². The van der Waals surface area contributed by atoms with Crippen LogP contribution in [0.5, 0.6) is 0 Å². The molecule has 6 heteroatoms. The number of hydrogen-bond acceptors (Lipinski definition) is 4. The number of anilines is 2. The van der Waals surface area contributed by atoms with E-state index in [2.05, 4.69) is 15.3 Å². The summed E-state index contributed by atoms with van der Waals surface area (Å²) >= 11 is 7.57. The Morgan fingerprint density at radius 3 is 2.44 bits per heavy atom. The van der Waals surface area contributed by atoms with Gasteiger partial charge in [-0.15, -0.1) is 11.3 Å². The highest BCUT2D eigenvalue weighted by Gasteiger charge is 2.15. The Labute approximate surface area is 153 Å². The molecular formula is C19H13ClFN3S. The van der Waals surface area contributed by atoms with Gasteiger partial charge in [0.1, 0.15) is 16.5 Å². The number of fused-ring (bicyclic) bond motifs is 1. The zero-order valence-corrected chi connectivity index (χ0v) is 14.8. The summed E-state index contributed by atoms with van der Waals surface area (Å²) in [6.45, 7) is 2.04. The van der Waals surface area contributed by atoms with E-state index in [0.29, 0.717) is 5.82 Å². The third kappa shape index (κ3) is 3.21. The summed E-state index contributed by atoms with van der Waals surface area (Å²) in [4.78, 5) is 9.47. The van der Waals surface area contributed by atoms with Gasteiger partial charge in [-0.25, -0.2) is 9.37 Å². The third-order valence-corrected chi connectivity index (χ3v) is 4.92. The number of aromatic nitrogens is 2. The van der Waals surface area contributed by atoms with Crippen molar-refractivity contribution in [2.45, 2.75) is 6.92 Å². The summed E-state index contributed by atoms with van der Waals surface area (Å²) in [6, 6.07) is 14.4. The average Bonchev–Trinajstić information content (AvgIpc) is 3.01. The first kappa shape index (κ1) is 16.0. The summed E-state index contributed by atoms with van der Waals surface area (Å²) in [5.41, 5.74) is 3.95. The smallest absolute Gasteiger partial charge is 0.225 e. The highest BCUT2D eigenvalue weighted by atomic mass is 35.5. The first-order valence-corrected chi connectivity index (χ1v) is 8.90. The maximum absolute atomic E-state index is 13.2. The minimum Gasteiger partial charge on any atom is -0.340 e. The predicted octanol–water partition coefficient (Wildman–Crippen LogP) is 6.20. The zero-order chi connectivity index (χ0) is 17.4. The minimum absolute atomic E-state index is 0.189. The third-order valence-electron chi connectivity index (χ3n) is 3.88. The molecule has 25 heavy (non-hydrogen) atoms. The van der Waals surface area contributed by atoms with Gasteiger partial charge in [-0.2, -0.15) is 4.98 Å². The molecule has 0 aliphatic carbocycles. The van der Waals surface area contributed by atoms with Crippen LogP contribution in [0.1, 0.15) is 5.56 Å². The van der Waals surface area contributed by atoms with Gasteiger partial charge >= 0.3 is 0 Å². The maximum Gasteiger partial charge on any atom is 0.225 e. The molecule has 0 amide bonds. The molecule has 0 spiro atoms. The van der Waals surface area contributed by atoms with Crippen LogP contribution < -0.4 is 5.32 Å². The first-order valence-electron chi connectivity index (χ1n) is 7.64. The fourth-order valence-corrected chi connectivity index (χ4v) is 3.79. The van der Waals surface area contributed by atoms with Crippen molar-refractivity contribution in [2.24, 2.45) is 0 Å². The molecular weight excluding hydrogens is 357 g/mol. The standard InChI is InChI=1S/C19H13ClFN3S/c1-11-2-8-14(9-3-11)22-17-16-15(12-4-6-13(21)7-5-12)10-25-18(16)24-19(20)23-17/h2-10H,1H3,(H,22,23,24). The van der Waals surface area contributed by atoms with Crippen molar-refractivity contribution in [1.29, 1.82) is 0 Å². The lowest BCUT2D eigenvalue weighted by Gasteiger charge is -2.09. The van der Waals surface area contributed by atoms with Gasteiger partial charge in [-0.1, -0.05) is 29.8 Å². The van der Waals surface area contributed by atoms with Crippen molar-refractivity contribution in [3.63, 3.8) is 0 Å². The van der Waals surface area contributed by atoms with E-state index in [1.165, 1.54) is 29.0 Å². The normalized spacial score (nSPS) is 11.0.